The molecule has 1 aromatic carbocycles. The molecule has 1 aliphatic carbocycles. The van der Waals surface area contributed by atoms with Crippen molar-refractivity contribution >= 4 is 11.9 Å². The number of benzene rings is 1. The van der Waals surface area contributed by atoms with Crippen LogP contribution in [-0.4, -0.2) is 5.78 Å². The summed E-state index contributed by atoms with van der Waals surface area (Å²) in [4.78, 5) is 11.5. The molecule has 1 nitrogen and oxygen atoms in total. The maximum atomic E-state index is 11.5. The van der Waals surface area contributed by atoms with E-state index in [0.717, 1.165) is 17.6 Å². The third-order valence-corrected chi connectivity index (χ3v) is 2.73. The van der Waals surface area contributed by atoms with Gasteiger partial charge in [0, 0.05) is 12.0 Å². The number of rotatable bonds is 2. The minimum absolute atomic E-state index is 0.277. The highest BCUT2D eigenvalue weighted by Crippen LogP contribution is 2.23. The SMILES string of the molecule is CC1=C(C=Cc2ccccc2)C(=O)CC1. The second-order valence-electron chi connectivity index (χ2n) is 3.86. The van der Waals surface area contributed by atoms with Gasteiger partial charge in [-0.3, -0.25) is 4.79 Å². The number of hydrogen-bond donors (Lipinski definition) is 0. The second-order valence-corrected chi connectivity index (χ2v) is 3.86. The van der Waals surface area contributed by atoms with E-state index in [1.165, 1.54) is 5.57 Å². The maximum absolute atomic E-state index is 11.5. The van der Waals surface area contributed by atoms with Crippen molar-refractivity contribution in [2.24, 2.45) is 0 Å². The van der Waals surface area contributed by atoms with Crippen LogP contribution in [0, 0.1) is 0 Å². The van der Waals surface area contributed by atoms with Gasteiger partial charge in [0.05, 0.1) is 0 Å². The van der Waals surface area contributed by atoms with Crippen molar-refractivity contribution < 1.29 is 4.79 Å². The van der Waals surface area contributed by atoms with Gasteiger partial charge in [-0.1, -0.05) is 48.1 Å². The molecule has 1 aromatic rings. The molecule has 0 bridgehead atoms. The Morgan fingerprint density at radius 1 is 1.07 bits per heavy atom. The smallest absolute Gasteiger partial charge is 0.163 e. The van der Waals surface area contributed by atoms with E-state index in [1.54, 1.807) is 0 Å². The summed E-state index contributed by atoms with van der Waals surface area (Å²) in [6.07, 6.45) is 5.55. The van der Waals surface area contributed by atoms with E-state index >= 15 is 0 Å². The van der Waals surface area contributed by atoms with Crippen LogP contribution >= 0.6 is 0 Å². The Hall–Kier alpha value is -1.63. The molecule has 15 heavy (non-hydrogen) atoms. The first-order chi connectivity index (χ1) is 7.27. The third-order valence-electron chi connectivity index (χ3n) is 2.73. The minimum atomic E-state index is 0.277. The zero-order chi connectivity index (χ0) is 10.7. The summed E-state index contributed by atoms with van der Waals surface area (Å²) >= 11 is 0. The zero-order valence-corrected chi connectivity index (χ0v) is 8.86. The van der Waals surface area contributed by atoms with Crippen molar-refractivity contribution in [3.8, 4) is 0 Å². The minimum Gasteiger partial charge on any atom is -0.294 e. The molecule has 0 unspecified atom stereocenters. The maximum Gasteiger partial charge on any atom is 0.163 e. The van der Waals surface area contributed by atoms with Gasteiger partial charge < -0.3 is 0 Å². The molecular weight excluding hydrogens is 184 g/mol. The largest absolute Gasteiger partial charge is 0.294 e. The number of carbonyl (C=O) groups excluding carboxylic acids is 1. The van der Waals surface area contributed by atoms with E-state index < -0.39 is 0 Å². The van der Waals surface area contributed by atoms with Crippen LogP contribution in [0.4, 0.5) is 0 Å². The van der Waals surface area contributed by atoms with Crippen LogP contribution in [0.15, 0.2) is 47.6 Å². The molecule has 0 aliphatic heterocycles. The van der Waals surface area contributed by atoms with E-state index in [2.05, 4.69) is 0 Å². The monoisotopic (exact) mass is 198 g/mol. The number of Topliss-reactive ketones (excluding diaryl/α,β-unsaturated/α-hetero) is 1. The van der Waals surface area contributed by atoms with E-state index in [-0.39, 0.29) is 5.78 Å². The topological polar surface area (TPSA) is 17.1 Å². The van der Waals surface area contributed by atoms with Gasteiger partial charge in [0.25, 0.3) is 0 Å². The second kappa shape index (κ2) is 4.26. The van der Waals surface area contributed by atoms with Gasteiger partial charge in [0.2, 0.25) is 0 Å². The van der Waals surface area contributed by atoms with Crippen molar-refractivity contribution in [1.29, 1.82) is 0 Å². The van der Waals surface area contributed by atoms with Crippen LogP contribution in [0.5, 0.6) is 0 Å². The van der Waals surface area contributed by atoms with Gasteiger partial charge in [0.15, 0.2) is 5.78 Å². The molecule has 0 atom stereocenters. The summed E-state index contributed by atoms with van der Waals surface area (Å²) in [7, 11) is 0. The molecular formula is C14H14O. The van der Waals surface area contributed by atoms with E-state index in [1.807, 2.05) is 49.4 Å². The molecule has 76 valence electrons. The Balaban J connectivity index is 2.19. The Morgan fingerprint density at radius 3 is 2.40 bits per heavy atom. The molecule has 0 heterocycles. The highest BCUT2D eigenvalue weighted by molar-refractivity contribution is 6.02. The number of allylic oxidation sites excluding steroid dienone is 3. The highest BCUT2D eigenvalue weighted by atomic mass is 16.1. The molecule has 1 heteroatoms. The van der Waals surface area contributed by atoms with Gasteiger partial charge in [-0.05, 0) is 18.9 Å². The summed E-state index contributed by atoms with van der Waals surface area (Å²) in [6.45, 7) is 2.04. The van der Waals surface area contributed by atoms with E-state index in [4.69, 9.17) is 0 Å². The molecule has 0 saturated carbocycles. The van der Waals surface area contributed by atoms with Gasteiger partial charge >= 0.3 is 0 Å². The summed E-state index contributed by atoms with van der Waals surface area (Å²) in [6, 6.07) is 10.1. The summed E-state index contributed by atoms with van der Waals surface area (Å²) in [5.74, 6) is 0.277. The Morgan fingerprint density at radius 2 is 1.80 bits per heavy atom. The Bertz CT molecular complexity index is 424. The first-order valence-corrected chi connectivity index (χ1v) is 5.23. The molecule has 1 aliphatic rings. The molecule has 0 radical (unpaired) electrons. The standard InChI is InChI=1S/C14H14O/c1-11-7-10-14(15)13(11)9-8-12-5-3-2-4-6-12/h2-6,8-9H,7,10H2,1H3. The van der Waals surface area contributed by atoms with Crippen molar-refractivity contribution in [3.63, 3.8) is 0 Å². The predicted molar refractivity (Wildman–Crippen MR) is 62.4 cm³/mol. The lowest BCUT2D eigenvalue weighted by Gasteiger charge is -1.94. The third kappa shape index (κ3) is 2.24. The fourth-order valence-electron chi connectivity index (χ4n) is 1.79. The van der Waals surface area contributed by atoms with Gasteiger partial charge in [-0.15, -0.1) is 0 Å². The van der Waals surface area contributed by atoms with Crippen molar-refractivity contribution in [2.45, 2.75) is 19.8 Å². The lowest BCUT2D eigenvalue weighted by atomic mass is 10.1. The van der Waals surface area contributed by atoms with Crippen LogP contribution in [0.1, 0.15) is 25.3 Å². The van der Waals surface area contributed by atoms with Gasteiger partial charge in [0.1, 0.15) is 0 Å². The molecule has 0 fully saturated rings. The average Bonchev–Trinajstić information content (AvgIpc) is 2.58. The quantitative estimate of drug-likeness (QED) is 0.712. The summed E-state index contributed by atoms with van der Waals surface area (Å²) in [5, 5.41) is 0. The van der Waals surface area contributed by atoms with Crippen molar-refractivity contribution in [3.05, 3.63) is 53.1 Å². The van der Waals surface area contributed by atoms with Crippen LogP contribution in [0.25, 0.3) is 6.08 Å². The number of ketones is 1. The predicted octanol–water partition coefficient (Wildman–Crippen LogP) is 3.38. The number of hydrogen-bond acceptors (Lipinski definition) is 1. The first kappa shape index (κ1) is 9.91. The Kier molecular flexibility index (Phi) is 2.82. The Labute approximate surface area is 90.1 Å². The van der Waals surface area contributed by atoms with Crippen LogP contribution in [0.2, 0.25) is 0 Å². The van der Waals surface area contributed by atoms with Crippen molar-refractivity contribution in [1.82, 2.24) is 0 Å². The van der Waals surface area contributed by atoms with E-state index in [9.17, 15) is 4.79 Å². The highest BCUT2D eigenvalue weighted by Gasteiger charge is 2.16. The molecule has 0 aromatic heterocycles. The van der Waals surface area contributed by atoms with Crippen molar-refractivity contribution in [2.75, 3.05) is 0 Å². The normalized spacial score (nSPS) is 16.7. The van der Waals surface area contributed by atoms with E-state index in [0.29, 0.717) is 6.42 Å². The lowest BCUT2D eigenvalue weighted by molar-refractivity contribution is -0.114. The lowest BCUT2D eigenvalue weighted by Crippen LogP contribution is -1.92. The first-order valence-electron chi connectivity index (χ1n) is 5.23. The molecule has 0 amide bonds. The fraction of sp³-hybridized carbons (Fsp3) is 0.214. The van der Waals surface area contributed by atoms with Gasteiger partial charge in [-0.2, -0.15) is 0 Å². The summed E-state index contributed by atoms with van der Waals surface area (Å²) < 4.78 is 0. The molecule has 0 spiro atoms. The zero-order valence-electron chi connectivity index (χ0n) is 8.86. The molecule has 0 N–H and O–H groups in total. The van der Waals surface area contributed by atoms with Gasteiger partial charge in [-0.25, -0.2) is 0 Å². The molecule has 2 rings (SSSR count). The molecule has 0 saturated heterocycles. The average molecular weight is 198 g/mol. The van der Waals surface area contributed by atoms with Crippen LogP contribution < -0.4 is 0 Å². The summed E-state index contributed by atoms with van der Waals surface area (Å²) in [5.41, 5.74) is 3.25. The fourth-order valence-corrected chi connectivity index (χ4v) is 1.79. The van der Waals surface area contributed by atoms with Crippen LogP contribution in [0.3, 0.4) is 0 Å². The van der Waals surface area contributed by atoms with Crippen LogP contribution in [-0.2, 0) is 4.79 Å². The number of carbonyl (C=O) groups is 1.